The summed E-state index contributed by atoms with van der Waals surface area (Å²) in [6, 6.07) is 3.07. The van der Waals surface area contributed by atoms with Crippen LogP contribution < -0.4 is 16.0 Å². The molecule has 1 fully saturated rings. The van der Waals surface area contributed by atoms with Crippen molar-refractivity contribution in [3.8, 4) is 0 Å². The van der Waals surface area contributed by atoms with Gasteiger partial charge in [0.15, 0.2) is 0 Å². The highest BCUT2D eigenvalue weighted by Gasteiger charge is 2.43. The quantitative estimate of drug-likeness (QED) is 0.131. The van der Waals surface area contributed by atoms with Crippen LogP contribution in [0.3, 0.4) is 0 Å². The van der Waals surface area contributed by atoms with Crippen LogP contribution in [0.5, 0.6) is 0 Å². The van der Waals surface area contributed by atoms with Crippen LogP contribution in [0, 0.1) is 23.6 Å². The van der Waals surface area contributed by atoms with Crippen LogP contribution in [0.2, 0.25) is 0 Å². The van der Waals surface area contributed by atoms with Crippen LogP contribution in [0.4, 0.5) is 4.39 Å². The lowest BCUT2D eigenvalue weighted by atomic mass is 9.89. The molecule has 1 aliphatic rings. The normalized spacial score (nSPS) is 18.4. The lowest BCUT2D eigenvalue weighted by Gasteiger charge is -2.41. The molecule has 2 rings (SSSR count). The standard InChI is InChI=1S/C39H64FN5O8/c1-10-12-19-45(33(47)23-42-38(49)34(41-7)24(3)4)35(25(5)11-2)31(52-8)22-32(46)44-20-15-18-30(44)36(53-9)26(6)37(48)43-29(39(50)51)21-27-16-13-14-17-28(27)40/h13-14,16-17,24-26,29-31,34-36,41H,10-12,15,18-23H2,1-9H3,(H,42,49)(H,43,48)(H,50,51)/t25-,26+,29-,30-,31+,34-,35-,36?/m0/s1. The first-order valence-corrected chi connectivity index (χ1v) is 19.0. The minimum absolute atomic E-state index is 0.0276. The fourth-order valence-corrected chi connectivity index (χ4v) is 7.33. The summed E-state index contributed by atoms with van der Waals surface area (Å²) in [6.45, 7) is 12.2. The van der Waals surface area contributed by atoms with Crippen LogP contribution in [0.25, 0.3) is 0 Å². The van der Waals surface area contributed by atoms with E-state index in [1.54, 1.807) is 29.8 Å². The predicted molar refractivity (Wildman–Crippen MR) is 200 cm³/mol. The van der Waals surface area contributed by atoms with E-state index >= 15 is 0 Å². The minimum atomic E-state index is -1.37. The molecule has 1 saturated heterocycles. The molecule has 4 amide bonds. The molecule has 14 heteroatoms. The van der Waals surface area contributed by atoms with E-state index < -0.39 is 60.0 Å². The van der Waals surface area contributed by atoms with E-state index in [0.29, 0.717) is 25.9 Å². The Hall–Kier alpha value is -3.62. The number of methoxy groups -OCH3 is 2. The number of carbonyl (C=O) groups excluding carboxylic acids is 4. The molecule has 0 aromatic heterocycles. The van der Waals surface area contributed by atoms with E-state index in [2.05, 4.69) is 16.0 Å². The average Bonchev–Trinajstić information content (AvgIpc) is 3.61. The number of hydrogen-bond acceptors (Lipinski definition) is 8. The Morgan fingerprint density at radius 3 is 2.26 bits per heavy atom. The maximum atomic E-state index is 14.3. The smallest absolute Gasteiger partial charge is 0.326 e. The van der Waals surface area contributed by atoms with Crippen LogP contribution >= 0.6 is 0 Å². The number of aliphatic carboxylic acids is 1. The van der Waals surface area contributed by atoms with Crippen molar-refractivity contribution in [2.45, 2.75) is 123 Å². The number of likely N-dealkylation sites (N-methyl/N-ethyl adjacent to an activating group) is 1. The topological polar surface area (TPSA) is 167 Å². The number of ether oxygens (including phenoxy) is 2. The van der Waals surface area contributed by atoms with E-state index in [0.717, 1.165) is 19.3 Å². The summed E-state index contributed by atoms with van der Waals surface area (Å²) in [4.78, 5) is 69.9. The Morgan fingerprint density at radius 1 is 1.04 bits per heavy atom. The SMILES string of the molecule is CCCCN(C(=O)CNC(=O)[C@@H](NC)C(C)C)[C@@H]([C@@H](C)CC)[C@@H](CC(=O)N1CCC[C@H]1C(OC)[C@@H](C)C(=O)N[C@@H](Cc1ccccc1F)C(=O)O)OC. The summed E-state index contributed by atoms with van der Waals surface area (Å²) < 4.78 is 26.1. The number of nitrogens with one attached hydrogen (secondary N) is 3. The summed E-state index contributed by atoms with van der Waals surface area (Å²) in [5, 5.41) is 18.2. The van der Waals surface area contributed by atoms with Crippen molar-refractivity contribution in [2.24, 2.45) is 17.8 Å². The number of benzene rings is 1. The summed E-state index contributed by atoms with van der Waals surface area (Å²) in [7, 11) is 4.69. The number of amides is 4. The maximum Gasteiger partial charge on any atom is 0.326 e. The first-order valence-electron chi connectivity index (χ1n) is 19.0. The number of carboxylic acids is 1. The van der Waals surface area contributed by atoms with E-state index in [1.165, 1.54) is 32.4 Å². The molecule has 0 aliphatic carbocycles. The third kappa shape index (κ3) is 12.7. The van der Waals surface area contributed by atoms with Gasteiger partial charge in [-0.15, -0.1) is 0 Å². The second-order valence-electron chi connectivity index (χ2n) is 14.5. The van der Waals surface area contributed by atoms with Gasteiger partial charge < -0.3 is 40.3 Å². The monoisotopic (exact) mass is 749 g/mol. The average molecular weight is 750 g/mol. The molecule has 300 valence electrons. The summed E-state index contributed by atoms with van der Waals surface area (Å²) in [6.07, 6.45) is 1.85. The fraction of sp³-hybridized carbons (Fsp3) is 0.718. The molecule has 1 aromatic rings. The Kier molecular flexibility index (Phi) is 19.4. The maximum absolute atomic E-state index is 14.3. The molecule has 1 aliphatic heterocycles. The number of halogens is 1. The molecule has 4 N–H and O–H groups in total. The van der Waals surface area contributed by atoms with Crippen molar-refractivity contribution in [1.29, 1.82) is 0 Å². The lowest BCUT2D eigenvalue weighted by molar-refractivity contribution is -0.147. The van der Waals surface area contributed by atoms with Crippen LogP contribution in [0.15, 0.2) is 24.3 Å². The summed E-state index contributed by atoms with van der Waals surface area (Å²) >= 11 is 0. The van der Waals surface area contributed by atoms with Crippen molar-refractivity contribution >= 4 is 29.6 Å². The first kappa shape index (κ1) is 45.5. The number of carboxylic acid groups (broad SMARTS) is 1. The van der Waals surface area contributed by atoms with Crippen LogP contribution in [-0.2, 0) is 39.9 Å². The number of likely N-dealkylation sites (tertiary alicyclic amines) is 1. The number of hydrogen-bond donors (Lipinski definition) is 4. The Balaban J connectivity index is 2.27. The molecule has 1 heterocycles. The molecule has 0 spiro atoms. The Bertz CT molecular complexity index is 1350. The first-order chi connectivity index (χ1) is 25.2. The number of carbonyl (C=O) groups is 5. The van der Waals surface area contributed by atoms with Gasteiger partial charge in [0.25, 0.3) is 0 Å². The Morgan fingerprint density at radius 2 is 1.72 bits per heavy atom. The highest BCUT2D eigenvalue weighted by atomic mass is 19.1. The van der Waals surface area contributed by atoms with Gasteiger partial charge in [-0.3, -0.25) is 19.2 Å². The van der Waals surface area contributed by atoms with Gasteiger partial charge >= 0.3 is 5.97 Å². The largest absolute Gasteiger partial charge is 0.480 e. The molecular formula is C39H64FN5O8. The molecule has 0 bridgehead atoms. The van der Waals surface area contributed by atoms with Gasteiger partial charge in [0.1, 0.15) is 11.9 Å². The second kappa shape index (κ2) is 22.6. The predicted octanol–water partition coefficient (Wildman–Crippen LogP) is 3.39. The van der Waals surface area contributed by atoms with E-state index in [4.69, 9.17) is 9.47 Å². The zero-order chi connectivity index (χ0) is 39.8. The van der Waals surface area contributed by atoms with Gasteiger partial charge in [-0.2, -0.15) is 0 Å². The minimum Gasteiger partial charge on any atom is -0.480 e. The molecule has 1 aromatic carbocycles. The molecule has 0 saturated carbocycles. The van der Waals surface area contributed by atoms with Crippen molar-refractivity contribution in [3.63, 3.8) is 0 Å². The van der Waals surface area contributed by atoms with Gasteiger partial charge in [0.2, 0.25) is 23.6 Å². The van der Waals surface area contributed by atoms with Gasteiger partial charge in [0, 0.05) is 33.7 Å². The van der Waals surface area contributed by atoms with Crippen molar-refractivity contribution < 1.29 is 42.9 Å². The Labute approximate surface area is 315 Å². The summed E-state index contributed by atoms with van der Waals surface area (Å²) in [5.41, 5.74) is 0.167. The molecule has 8 atom stereocenters. The number of nitrogens with zero attached hydrogens (tertiary/aromatic N) is 2. The van der Waals surface area contributed by atoms with Gasteiger partial charge in [-0.25, -0.2) is 9.18 Å². The zero-order valence-corrected chi connectivity index (χ0v) is 33.2. The van der Waals surface area contributed by atoms with Gasteiger partial charge in [-0.1, -0.05) is 72.6 Å². The third-order valence-electron chi connectivity index (χ3n) is 10.6. The van der Waals surface area contributed by atoms with E-state index in [1.807, 2.05) is 34.6 Å². The van der Waals surface area contributed by atoms with Crippen molar-refractivity contribution in [1.82, 2.24) is 25.8 Å². The van der Waals surface area contributed by atoms with E-state index in [-0.39, 0.29) is 54.5 Å². The van der Waals surface area contributed by atoms with Crippen molar-refractivity contribution in [3.05, 3.63) is 35.6 Å². The van der Waals surface area contributed by atoms with Crippen LogP contribution in [0.1, 0.15) is 85.6 Å². The highest BCUT2D eigenvalue weighted by Crippen LogP contribution is 2.30. The van der Waals surface area contributed by atoms with E-state index in [9.17, 15) is 33.5 Å². The van der Waals surface area contributed by atoms with Crippen molar-refractivity contribution in [2.75, 3.05) is 40.9 Å². The number of unbranched alkanes of at least 4 members (excludes halogenated alkanes) is 1. The molecule has 1 unspecified atom stereocenters. The van der Waals surface area contributed by atoms with Gasteiger partial charge in [0.05, 0.1) is 49.2 Å². The molecule has 13 nitrogen and oxygen atoms in total. The second-order valence-corrected chi connectivity index (χ2v) is 14.5. The highest BCUT2D eigenvalue weighted by molar-refractivity contribution is 5.88. The van der Waals surface area contributed by atoms with Gasteiger partial charge in [-0.05, 0) is 49.8 Å². The number of rotatable bonds is 23. The fourth-order valence-electron chi connectivity index (χ4n) is 7.33. The summed E-state index contributed by atoms with van der Waals surface area (Å²) in [5.74, 6) is -4.03. The third-order valence-corrected chi connectivity index (χ3v) is 10.6. The molecule has 0 radical (unpaired) electrons. The zero-order valence-electron chi connectivity index (χ0n) is 33.2. The molecular weight excluding hydrogens is 685 g/mol. The molecule has 53 heavy (non-hydrogen) atoms. The van der Waals surface area contributed by atoms with Crippen LogP contribution in [-0.4, -0.2) is 122 Å². The lowest BCUT2D eigenvalue weighted by Crippen LogP contribution is -2.56.